The van der Waals surface area contributed by atoms with Crippen LogP contribution in [-0.2, 0) is 0 Å². The lowest BCUT2D eigenvalue weighted by Crippen LogP contribution is -1.74. The van der Waals surface area contributed by atoms with Crippen molar-refractivity contribution >= 4 is 55.5 Å². The lowest BCUT2D eigenvalue weighted by Gasteiger charge is -2.00. The van der Waals surface area contributed by atoms with Crippen LogP contribution in [-0.4, -0.2) is 0 Å². The van der Waals surface area contributed by atoms with Crippen molar-refractivity contribution in [3.8, 4) is 0 Å². The summed E-state index contributed by atoms with van der Waals surface area (Å²) in [6.45, 7) is 0. The lowest BCUT2D eigenvalue weighted by molar-refractivity contribution is 1.76. The normalized spacial score (nSPS) is 9.50. The van der Waals surface area contributed by atoms with Gasteiger partial charge in [-0.05, 0) is 33.7 Å². The van der Waals surface area contributed by atoms with Crippen LogP contribution < -0.4 is 0 Å². The summed E-state index contributed by atoms with van der Waals surface area (Å²) in [6.07, 6.45) is 0. The summed E-state index contributed by atoms with van der Waals surface area (Å²) < 4.78 is 0. The maximum absolute atomic E-state index is 2.24. The molecular formula is C14H12Br2. The van der Waals surface area contributed by atoms with E-state index in [0.717, 1.165) is 0 Å². The predicted octanol–water partition coefficient (Wildman–Crippen LogP) is 5.15. The largest absolute Gasteiger partial charge is 0.114 e. The third-order valence-corrected chi connectivity index (χ3v) is 2.61. The highest BCUT2D eigenvalue weighted by atomic mass is 79.9. The molecule has 82 valence electrons. The van der Waals surface area contributed by atoms with Gasteiger partial charge in [0.05, 0.1) is 0 Å². The van der Waals surface area contributed by atoms with Crippen LogP contribution in [0.2, 0.25) is 0 Å². The fraction of sp³-hybridized carbons (Fsp3) is 0. The Bertz CT molecular complexity index is 497. The summed E-state index contributed by atoms with van der Waals surface area (Å²) in [6, 6.07) is 21.4. The van der Waals surface area contributed by atoms with Gasteiger partial charge in [-0.1, -0.05) is 48.5 Å². The molecule has 3 aromatic rings. The van der Waals surface area contributed by atoms with Gasteiger partial charge < -0.3 is 0 Å². The van der Waals surface area contributed by atoms with E-state index in [4.69, 9.17) is 0 Å². The Morgan fingerprint density at radius 1 is 0.438 bits per heavy atom. The van der Waals surface area contributed by atoms with Gasteiger partial charge in [0, 0.05) is 0 Å². The second-order valence-corrected chi connectivity index (χ2v) is 3.55. The van der Waals surface area contributed by atoms with E-state index in [1.54, 1.807) is 0 Å². The zero-order chi connectivity index (χ0) is 9.38. The Morgan fingerprint density at radius 3 is 0.938 bits per heavy atom. The number of halogens is 2. The van der Waals surface area contributed by atoms with Crippen LogP contribution in [0.25, 0.3) is 21.5 Å². The zero-order valence-corrected chi connectivity index (χ0v) is 12.0. The van der Waals surface area contributed by atoms with Gasteiger partial charge in [0.1, 0.15) is 0 Å². The molecule has 0 bridgehead atoms. The highest BCUT2D eigenvalue weighted by molar-refractivity contribution is 8.93. The molecule has 2 heteroatoms. The maximum Gasteiger partial charge on any atom is -0.0178 e. The van der Waals surface area contributed by atoms with Gasteiger partial charge in [-0.3, -0.25) is 0 Å². The van der Waals surface area contributed by atoms with E-state index in [0.29, 0.717) is 0 Å². The minimum absolute atomic E-state index is 0. The van der Waals surface area contributed by atoms with Crippen molar-refractivity contribution in [2.24, 2.45) is 0 Å². The molecular weight excluding hydrogens is 328 g/mol. The zero-order valence-electron chi connectivity index (χ0n) is 8.59. The van der Waals surface area contributed by atoms with Crippen LogP contribution in [0.15, 0.2) is 60.7 Å². The van der Waals surface area contributed by atoms with E-state index >= 15 is 0 Å². The molecule has 0 unspecified atom stereocenters. The Hall–Kier alpha value is -0.860. The van der Waals surface area contributed by atoms with Gasteiger partial charge in [-0.25, -0.2) is 0 Å². The van der Waals surface area contributed by atoms with E-state index < -0.39 is 0 Å². The van der Waals surface area contributed by atoms with Crippen LogP contribution in [0.4, 0.5) is 0 Å². The van der Waals surface area contributed by atoms with Crippen molar-refractivity contribution in [2.75, 3.05) is 0 Å². The molecule has 0 aromatic heterocycles. The molecule has 0 spiro atoms. The minimum atomic E-state index is 0. The molecule has 0 fully saturated rings. The summed E-state index contributed by atoms with van der Waals surface area (Å²) in [5.41, 5.74) is 0. The second-order valence-electron chi connectivity index (χ2n) is 3.55. The van der Waals surface area contributed by atoms with Gasteiger partial charge in [-0.15, -0.1) is 34.0 Å². The lowest BCUT2D eigenvalue weighted by atomic mass is 10.0. The molecule has 0 saturated carbocycles. The van der Waals surface area contributed by atoms with E-state index in [9.17, 15) is 0 Å². The number of hydrogen-bond acceptors (Lipinski definition) is 0. The summed E-state index contributed by atoms with van der Waals surface area (Å²) in [5.74, 6) is 0. The van der Waals surface area contributed by atoms with Crippen LogP contribution in [0.1, 0.15) is 0 Å². The quantitative estimate of drug-likeness (QED) is 0.497. The molecule has 0 heterocycles. The molecule has 0 aliphatic rings. The van der Waals surface area contributed by atoms with Gasteiger partial charge in [0.15, 0.2) is 0 Å². The number of benzene rings is 3. The van der Waals surface area contributed by atoms with Crippen molar-refractivity contribution in [1.29, 1.82) is 0 Å². The average Bonchev–Trinajstić information content (AvgIpc) is 2.26. The first-order chi connectivity index (χ1) is 6.93. The van der Waals surface area contributed by atoms with Crippen LogP contribution in [0.3, 0.4) is 0 Å². The minimum Gasteiger partial charge on any atom is -0.114 e. The summed E-state index contributed by atoms with van der Waals surface area (Å²) in [4.78, 5) is 0. The molecule has 0 N–H and O–H groups in total. The second kappa shape index (κ2) is 5.46. The summed E-state index contributed by atoms with van der Waals surface area (Å²) in [5, 5.41) is 5.25. The third kappa shape index (κ3) is 2.28. The van der Waals surface area contributed by atoms with E-state index in [-0.39, 0.29) is 34.0 Å². The van der Waals surface area contributed by atoms with Crippen LogP contribution in [0, 0.1) is 0 Å². The molecule has 16 heavy (non-hydrogen) atoms. The molecule has 0 nitrogen and oxygen atoms in total. The number of fused-ring (bicyclic) bond motifs is 2. The van der Waals surface area contributed by atoms with Crippen molar-refractivity contribution in [3.05, 3.63) is 60.7 Å². The topological polar surface area (TPSA) is 0 Å². The Labute approximate surface area is 116 Å². The van der Waals surface area contributed by atoms with Crippen molar-refractivity contribution in [2.45, 2.75) is 0 Å². The monoisotopic (exact) mass is 338 g/mol. The molecule has 0 atom stereocenters. The molecule has 0 aliphatic heterocycles. The van der Waals surface area contributed by atoms with Crippen LogP contribution in [0.5, 0.6) is 0 Å². The van der Waals surface area contributed by atoms with Crippen molar-refractivity contribution < 1.29 is 0 Å². The molecule has 0 amide bonds. The van der Waals surface area contributed by atoms with Gasteiger partial charge in [0.25, 0.3) is 0 Å². The first-order valence-electron chi connectivity index (χ1n) is 4.81. The predicted molar refractivity (Wildman–Crippen MR) is 82.1 cm³/mol. The SMILES string of the molecule is Br.Br.c1ccc2cc3ccccc3cc2c1. The van der Waals surface area contributed by atoms with E-state index in [2.05, 4.69) is 60.7 Å². The molecule has 3 aromatic carbocycles. The van der Waals surface area contributed by atoms with E-state index in [1.165, 1.54) is 21.5 Å². The smallest absolute Gasteiger partial charge is 0.0178 e. The highest BCUT2D eigenvalue weighted by Crippen LogP contribution is 2.21. The highest BCUT2D eigenvalue weighted by Gasteiger charge is 1.95. The molecule has 3 rings (SSSR count). The van der Waals surface area contributed by atoms with Crippen molar-refractivity contribution in [3.63, 3.8) is 0 Å². The van der Waals surface area contributed by atoms with Crippen LogP contribution >= 0.6 is 34.0 Å². The standard InChI is InChI=1S/C14H10.2BrH/c1-2-6-12-10-14-8-4-3-7-13(14)9-11(12)5-1;;/h1-10H;2*1H. The van der Waals surface area contributed by atoms with Gasteiger partial charge in [0.2, 0.25) is 0 Å². The van der Waals surface area contributed by atoms with Gasteiger partial charge >= 0.3 is 0 Å². The average molecular weight is 340 g/mol. The molecule has 0 radical (unpaired) electrons. The van der Waals surface area contributed by atoms with Gasteiger partial charge in [-0.2, -0.15) is 0 Å². The molecule has 0 aliphatic carbocycles. The van der Waals surface area contributed by atoms with E-state index in [1.807, 2.05) is 0 Å². The Morgan fingerprint density at radius 2 is 0.688 bits per heavy atom. The summed E-state index contributed by atoms with van der Waals surface area (Å²) in [7, 11) is 0. The fourth-order valence-corrected chi connectivity index (χ4v) is 1.88. The fourth-order valence-electron chi connectivity index (χ4n) is 1.88. The first kappa shape index (κ1) is 13.2. The third-order valence-electron chi connectivity index (χ3n) is 2.61. The summed E-state index contributed by atoms with van der Waals surface area (Å²) >= 11 is 0. The molecule has 0 saturated heterocycles. The number of rotatable bonds is 0. The number of hydrogen-bond donors (Lipinski definition) is 0. The Kier molecular flexibility index (Phi) is 4.51. The maximum atomic E-state index is 2.24. The first-order valence-corrected chi connectivity index (χ1v) is 4.81. The van der Waals surface area contributed by atoms with Crippen molar-refractivity contribution in [1.82, 2.24) is 0 Å². The Balaban J connectivity index is 0.000000640.